The van der Waals surface area contributed by atoms with Crippen LogP contribution in [0.1, 0.15) is 5.56 Å². The second kappa shape index (κ2) is 8.93. The summed E-state index contributed by atoms with van der Waals surface area (Å²) in [5.41, 5.74) is 0.664. The van der Waals surface area contributed by atoms with Crippen molar-refractivity contribution in [1.29, 1.82) is 5.26 Å². The molecule has 22 heavy (non-hydrogen) atoms. The predicted octanol–water partition coefficient (Wildman–Crippen LogP) is 2.54. The van der Waals surface area contributed by atoms with Crippen molar-refractivity contribution < 1.29 is 9.63 Å². The Labute approximate surface area is 138 Å². The molecule has 0 radical (unpaired) electrons. The largest absolute Gasteiger partial charge is 0.390 e. The standard InChI is InChI=1S/C14H14Cl2N4O2/c1-20(2)7-11(6-17)14(21)18-9-19-22-8-10-3-4-12(15)5-13(10)16/h3-5,7,9H,8H2,1-2H3,(H,18,19,21). The first kappa shape index (κ1) is 17.8. The van der Waals surface area contributed by atoms with Crippen molar-refractivity contribution in [3.8, 4) is 6.07 Å². The van der Waals surface area contributed by atoms with Gasteiger partial charge in [-0.15, -0.1) is 0 Å². The van der Waals surface area contributed by atoms with E-state index in [9.17, 15) is 4.79 Å². The number of hydrogen-bond donors (Lipinski definition) is 1. The number of benzene rings is 1. The number of halogens is 2. The van der Waals surface area contributed by atoms with Crippen LogP contribution in [0.5, 0.6) is 0 Å². The summed E-state index contributed by atoms with van der Waals surface area (Å²) in [7, 11) is 3.41. The van der Waals surface area contributed by atoms with Crippen molar-refractivity contribution in [3.05, 3.63) is 45.6 Å². The number of nitrogens with zero attached hydrogens (tertiary/aromatic N) is 3. The van der Waals surface area contributed by atoms with Gasteiger partial charge in [-0.25, -0.2) is 0 Å². The van der Waals surface area contributed by atoms with Crippen LogP contribution >= 0.6 is 23.2 Å². The fourth-order valence-corrected chi connectivity index (χ4v) is 1.81. The minimum atomic E-state index is -0.576. The molecule has 0 bridgehead atoms. The lowest BCUT2D eigenvalue weighted by Crippen LogP contribution is -2.24. The molecule has 0 atom stereocenters. The molecule has 0 heterocycles. The summed E-state index contributed by atoms with van der Waals surface area (Å²) in [5, 5.41) is 15.7. The van der Waals surface area contributed by atoms with E-state index in [0.717, 1.165) is 6.34 Å². The fraction of sp³-hybridized carbons (Fsp3) is 0.214. The highest BCUT2D eigenvalue weighted by molar-refractivity contribution is 6.35. The first-order valence-electron chi connectivity index (χ1n) is 6.11. The molecule has 0 aromatic heterocycles. The molecular weight excluding hydrogens is 327 g/mol. The lowest BCUT2D eigenvalue weighted by atomic mass is 10.2. The van der Waals surface area contributed by atoms with E-state index >= 15 is 0 Å². The molecule has 1 amide bonds. The summed E-state index contributed by atoms with van der Waals surface area (Å²) < 4.78 is 0. The van der Waals surface area contributed by atoms with Crippen molar-refractivity contribution in [2.24, 2.45) is 5.16 Å². The summed E-state index contributed by atoms with van der Waals surface area (Å²) >= 11 is 11.7. The average Bonchev–Trinajstić information content (AvgIpc) is 2.46. The molecule has 1 N–H and O–H groups in total. The van der Waals surface area contributed by atoms with Gasteiger partial charge in [0, 0.05) is 35.9 Å². The van der Waals surface area contributed by atoms with E-state index in [-0.39, 0.29) is 12.2 Å². The Morgan fingerprint density at radius 2 is 2.23 bits per heavy atom. The molecule has 116 valence electrons. The van der Waals surface area contributed by atoms with Crippen molar-refractivity contribution in [1.82, 2.24) is 10.2 Å². The van der Waals surface area contributed by atoms with E-state index in [1.165, 1.54) is 6.20 Å². The maximum Gasteiger partial charge on any atom is 0.268 e. The number of carbonyl (C=O) groups is 1. The van der Waals surface area contributed by atoms with E-state index in [1.54, 1.807) is 43.3 Å². The van der Waals surface area contributed by atoms with Gasteiger partial charge in [0.05, 0.1) is 0 Å². The van der Waals surface area contributed by atoms with Gasteiger partial charge in [-0.05, 0) is 12.1 Å². The Morgan fingerprint density at radius 1 is 1.50 bits per heavy atom. The van der Waals surface area contributed by atoms with Gasteiger partial charge in [-0.1, -0.05) is 34.4 Å². The maximum absolute atomic E-state index is 11.6. The van der Waals surface area contributed by atoms with E-state index in [0.29, 0.717) is 15.6 Å². The zero-order valence-corrected chi connectivity index (χ0v) is 13.5. The van der Waals surface area contributed by atoms with Crippen LogP contribution in [-0.2, 0) is 16.2 Å². The van der Waals surface area contributed by atoms with Gasteiger partial charge in [0.2, 0.25) is 0 Å². The number of rotatable bonds is 6. The molecule has 0 unspecified atom stereocenters. The lowest BCUT2D eigenvalue weighted by molar-refractivity contribution is -0.115. The second-order valence-corrected chi connectivity index (χ2v) is 5.18. The third-order valence-electron chi connectivity index (χ3n) is 2.31. The van der Waals surface area contributed by atoms with Crippen molar-refractivity contribution in [2.45, 2.75) is 6.61 Å². The van der Waals surface area contributed by atoms with Crippen LogP contribution < -0.4 is 5.32 Å². The number of carbonyl (C=O) groups excluding carboxylic acids is 1. The van der Waals surface area contributed by atoms with E-state index in [4.69, 9.17) is 33.3 Å². The number of nitrogens with one attached hydrogen (secondary N) is 1. The third kappa shape index (κ3) is 6.04. The van der Waals surface area contributed by atoms with Gasteiger partial charge >= 0.3 is 0 Å². The summed E-state index contributed by atoms with van der Waals surface area (Å²) in [6.45, 7) is 0.126. The highest BCUT2D eigenvalue weighted by Crippen LogP contribution is 2.21. The molecule has 8 heteroatoms. The number of amides is 1. The number of oxime groups is 1. The van der Waals surface area contributed by atoms with Gasteiger partial charge in [0.1, 0.15) is 24.6 Å². The highest BCUT2D eigenvalue weighted by Gasteiger charge is 2.07. The van der Waals surface area contributed by atoms with Gasteiger partial charge < -0.3 is 15.1 Å². The minimum absolute atomic E-state index is 0.0443. The van der Waals surface area contributed by atoms with E-state index in [2.05, 4.69) is 10.5 Å². The van der Waals surface area contributed by atoms with Crippen LogP contribution in [0.3, 0.4) is 0 Å². The van der Waals surface area contributed by atoms with Gasteiger partial charge in [-0.3, -0.25) is 4.79 Å². The SMILES string of the molecule is CN(C)C=C(C#N)C(=O)NC=NOCc1ccc(Cl)cc1Cl. The normalized spacial score (nSPS) is 11.1. The quantitative estimate of drug-likeness (QED) is 0.284. The Hall–Kier alpha value is -2.23. The number of nitriles is 1. The van der Waals surface area contributed by atoms with E-state index in [1.807, 2.05) is 0 Å². The minimum Gasteiger partial charge on any atom is -0.390 e. The Balaban J connectivity index is 2.47. The molecule has 0 aliphatic heterocycles. The van der Waals surface area contributed by atoms with Crippen LogP contribution in [-0.4, -0.2) is 31.2 Å². The molecule has 0 aliphatic rings. The summed E-state index contributed by atoms with van der Waals surface area (Å²) in [4.78, 5) is 18.2. The third-order valence-corrected chi connectivity index (χ3v) is 2.90. The fourth-order valence-electron chi connectivity index (χ4n) is 1.34. The number of hydrogen-bond acceptors (Lipinski definition) is 5. The van der Waals surface area contributed by atoms with Gasteiger partial charge in [0.15, 0.2) is 0 Å². The first-order chi connectivity index (χ1) is 10.4. The van der Waals surface area contributed by atoms with Crippen LogP contribution in [0.15, 0.2) is 35.1 Å². The average molecular weight is 341 g/mol. The summed E-state index contributed by atoms with van der Waals surface area (Å²) in [6.07, 6.45) is 2.46. The Morgan fingerprint density at radius 3 is 2.82 bits per heavy atom. The smallest absolute Gasteiger partial charge is 0.268 e. The zero-order chi connectivity index (χ0) is 16.5. The lowest BCUT2D eigenvalue weighted by Gasteiger charge is -2.05. The monoisotopic (exact) mass is 340 g/mol. The molecule has 1 aromatic carbocycles. The molecule has 0 fully saturated rings. The van der Waals surface area contributed by atoms with Crippen molar-refractivity contribution in [2.75, 3.05) is 14.1 Å². The summed E-state index contributed by atoms with van der Waals surface area (Å²) in [5.74, 6) is -0.576. The predicted molar refractivity (Wildman–Crippen MR) is 85.3 cm³/mol. The molecule has 0 spiro atoms. The van der Waals surface area contributed by atoms with Crippen LogP contribution in [0.2, 0.25) is 10.0 Å². The molecule has 1 aromatic rings. The zero-order valence-electron chi connectivity index (χ0n) is 12.0. The molecule has 0 saturated heterocycles. The van der Waals surface area contributed by atoms with Crippen molar-refractivity contribution >= 4 is 35.4 Å². The Kier molecular flexibility index (Phi) is 7.23. The molecular formula is C14H14Cl2N4O2. The molecule has 6 nitrogen and oxygen atoms in total. The molecule has 0 saturated carbocycles. The Bertz CT molecular complexity index is 636. The molecule has 1 rings (SSSR count). The van der Waals surface area contributed by atoms with Crippen LogP contribution in [0, 0.1) is 11.3 Å². The maximum atomic E-state index is 11.6. The van der Waals surface area contributed by atoms with Crippen LogP contribution in [0.4, 0.5) is 0 Å². The highest BCUT2D eigenvalue weighted by atomic mass is 35.5. The van der Waals surface area contributed by atoms with Gasteiger partial charge in [0.25, 0.3) is 5.91 Å². The van der Waals surface area contributed by atoms with Gasteiger partial charge in [-0.2, -0.15) is 5.26 Å². The topological polar surface area (TPSA) is 77.7 Å². The molecule has 0 aliphatic carbocycles. The first-order valence-corrected chi connectivity index (χ1v) is 6.86. The van der Waals surface area contributed by atoms with E-state index < -0.39 is 5.91 Å². The van der Waals surface area contributed by atoms with Crippen molar-refractivity contribution in [3.63, 3.8) is 0 Å². The second-order valence-electron chi connectivity index (χ2n) is 4.34. The summed E-state index contributed by atoms with van der Waals surface area (Å²) in [6, 6.07) is 6.78. The van der Waals surface area contributed by atoms with Crippen LogP contribution in [0.25, 0.3) is 0 Å².